The number of halogens is 4. The summed E-state index contributed by atoms with van der Waals surface area (Å²) >= 11 is 0. The predicted octanol–water partition coefficient (Wildman–Crippen LogP) is 4.49. The van der Waals surface area contributed by atoms with E-state index in [0.29, 0.717) is 15.9 Å². The molecule has 0 atom stereocenters. The molecular formula is C22H21F4N5O2. The first-order chi connectivity index (χ1) is 15.6. The Morgan fingerprint density at radius 1 is 1.06 bits per heavy atom. The molecule has 0 bridgehead atoms. The second kappa shape index (κ2) is 9.72. The molecule has 3 rings (SSSR count). The lowest BCUT2D eigenvalue weighted by molar-refractivity contribution is -0.143. The van der Waals surface area contributed by atoms with Crippen molar-refractivity contribution in [3.63, 3.8) is 0 Å². The van der Waals surface area contributed by atoms with E-state index in [1.807, 2.05) is 13.8 Å². The standard InChI is InChI=1S/C22H21F4N5O2/c1-13(2)29-21(33)30-15-9-7-14(8-10-15)11-27-20(32)16-12-28-31(19(16)22(24,25)26)18-6-4-3-5-17(18)23/h3-10,12-13H,11H2,1-2H3,(H,27,32)(H2,29,30,33). The Kier molecular flexibility index (Phi) is 7.00. The number of hydrogen-bond donors (Lipinski definition) is 3. The number of amides is 3. The summed E-state index contributed by atoms with van der Waals surface area (Å²) in [5.74, 6) is -1.92. The van der Waals surface area contributed by atoms with Gasteiger partial charge in [0.25, 0.3) is 5.91 Å². The lowest BCUT2D eigenvalue weighted by Crippen LogP contribution is -2.34. The maximum Gasteiger partial charge on any atom is 0.434 e. The summed E-state index contributed by atoms with van der Waals surface area (Å²) < 4.78 is 55.5. The largest absolute Gasteiger partial charge is 0.434 e. The van der Waals surface area contributed by atoms with Crippen molar-refractivity contribution in [1.82, 2.24) is 20.4 Å². The van der Waals surface area contributed by atoms with Gasteiger partial charge in [-0.25, -0.2) is 13.9 Å². The Labute approximate surface area is 186 Å². The van der Waals surface area contributed by atoms with Gasteiger partial charge in [-0.15, -0.1) is 0 Å². The van der Waals surface area contributed by atoms with E-state index in [4.69, 9.17) is 0 Å². The zero-order valence-corrected chi connectivity index (χ0v) is 17.7. The van der Waals surface area contributed by atoms with E-state index in [2.05, 4.69) is 21.0 Å². The number of carbonyl (C=O) groups is 2. The first-order valence-electron chi connectivity index (χ1n) is 9.91. The van der Waals surface area contributed by atoms with Gasteiger partial charge in [0.15, 0.2) is 5.69 Å². The van der Waals surface area contributed by atoms with Crippen LogP contribution in [-0.4, -0.2) is 27.8 Å². The SMILES string of the molecule is CC(C)NC(=O)Nc1ccc(CNC(=O)c2cnn(-c3ccccc3F)c2C(F)(F)F)cc1. The molecule has 33 heavy (non-hydrogen) atoms. The molecule has 0 fully saturated rings. The molecule has 174 valence electrons. The summed E-state index contributed by atoms with van der Waals surface area (Å²) in [7, 11) is 0. The topological polar surface area (TPSA) is 88.1 Å². The van der Waals surface area contributed by atoms with Gasteiger partial charge < -0.3 is 16.0 Å². The van der Waals surface area contributed by atoms with Crippen molar-refractivity contribution in [3.8, 4) is 5.69 Å². The van der Waals surface area contributed by atoms with E-state index < -0.39 is 34.8 Å². The summed E-state index contributed by atoms with van der Waals surface area (Å²) in [6, 6.07) is 10.8. The lowest BCUT2D eigenvalue weighted by atomic mass is 10.2. The molecule has 0 aliphatic rings. The number of carbonyl (C=O) groups excluding carboxylic acids is 2. The zero-order valence-electron chi connectivity index (χ0n) is 17.7. The van der Waals surface area contributed by atoms with Crippen LogP contribution >= 0.6 is 0 Å². The fourth-order valence-electron chi connectivity index (χ4n) is 3.01. The molecule has 0 radical (unpaired) electrons. The van der Waals surface area contributed by atoms with Crippen LogP contribution in [0.25, 0.3) is 5.69 Å². The molecule has 0 unspecified atom stereocenters. The van der Waals surface area contributed by atoms with Gasteiger partial charge in [0, 0.05) is 18.3 Å². The van der Waals surface area contributed by atoms with E-state index in [1.165, 1.54) is 12.1 Å². The van der Waals surface area contributed by atoms with Crippen LogP contribution in [0.15, 0.2) is 54.7 Å². The van der Waals surface area contributed by atoms with E-state index in [-0.39, 0.29) is 18.6 Å². The third-order valence-corrected chi connectivity index (χ3v) is 4.45. The number of para-hydroxylation sites is 1. The highest BCUT2D eigenvalue weighted by molar-refractivity contribution is 5.95. The number of aromatic nitrogens is 2. The summed E-state index contributed by atoms with van der Waals surface area (Å²) in [6.45, 7) is 3.56. The Morgan fingerprint density at radius 3 is 2.33 bits per heavy atom. The van der Waals surface area contributed by atoms with Crippen LogP contribution in [0, 0.1) is 5.82 Å². The quantitative estimate of drug-likeness (QED) is 0.471. The molecule has 3 amide bonds. The lowest BCUT2D eigenvalue weighted by Gasteiger charge is -2.13. The normalized spacial score (nSPS) is 11.4. The average Bonchev–Trinajstić information content (AvgIpc) is 3.18. The number of nitrogens with zero attached hydrogens (tertiary/aromatic N) is 2. The smallest absolute Gasteiger partial charge is 0.348 e. The zero-order chi connectivity index (χ0) is 24.2. The first kappa shape index (κ1) is 23.8. The number of nitrogens with one attached hydrogen (secondary N) is 3. The molecule has 0 aliphatic carbocycles. The van der Waals surface area contributed by atoms with Crippen LogP contribution in [-0.2, 0) is 12.7 Å². The Balaban J connectivity index is 1.73. The molecule has 0 saturated carbocycles. The van der Waals surface area contributed by atoms with Gasteiger partial charge in [0.2, 0.25) is 0 Å². The molecule has 7 nitrogen and oxygen atoms in total. The number of rotatable bonds is 6. The van der Waals surface area contributed by atoms with Crippen LogP contribution in [0.2, 0.25) is 0 Å². The minimum atomic E-state index is -4.95. The number of alkyl halides is 3. The summed E-state index contributed by atoms with van der Waals surface area (Å²) in [5.41, 5.74) is -1.43. The van der Waals surface area contributed by atoms with Crippen molar-refractivity contribution >= 4 is 17.6 Å². The van der Waals surface area contributed by atoms with Crippen LogP contribution in [0.5, 0.6) is 0 Å². The van der Waals surface area contributed by atoms with Crippen LogP contribution in [0.4, 0.5) is 28.0 Å². The summed E-state index contributed by atoms with van der Waals surface area (Å²) in [5, 5.41) is 11.3. The van der Waals surface area contributed by atoms with Gasteiger partial charge in [0.1, 0.15) is 11.5 Å². The fourth-order valence-corrected chi connectivity index (χ4v) is 3.01. The van der Waals surface area contributed by atoms with E-state index >= 15 is 0 Å². The third-order valence-electron chi connectivity index (χ3n) is 4.45. The minimum absolute atomic E-state index is 0.0381. The molecule has 11 heteroatoms. The van der Waals surface area contributed by atoms with Crippen LogP contribution < -0.4 is 16.0 Å². The second-order valence-corrected chi connectivity index (χ2v) is 7.40. The van der Waals surface area contributed by atoms with Gasteiger partial charge >= 0.3 is 12.2 Å². The summed E-state index contributed by atoms with van der Waals surface area (Å²) in [4.78, 5) is 24.2. The Hall–Kier alpha value is -3.89. The van der Waals surface area contributed by atoms with Crippen molar-refractivity contribution in [2.24, 2.45) is 0 Å². The molecular weight excluding hydrogens is 442 g/mol. The molecule has 1 aromatic heterocycles. The van der Waals surface area contributed by atoms with Crippen molar-refractivity contribution < 1.29 is 27.2 Å². The Morgan fingerprint density at radius 2 is 1.73 bits per heavy atom. The van der Waals surface area contributed by atoms with Crippen LogP contribution in [0.1, 0.15) is 35.5 Å². The third kappa shape index (κ3) is 5.88. The number of anilines is 1. The average molecular weight is 463 g/mol. The number of benzene rings is 2. The van der Waals surface area contributed by atoms with Gasteiger partial charge in [-0.05, 0) is 43.7 Å². The van der Waals surface area contributed by atoms with Gasteiger partial charge in [-0.1, -0.05) is 24.3 Å². The monoisotopic (exact) mass is 463 g/mol. The molecule has 0 aliphatic heterocycles. The van der Waals surface area contributed by atoms with E-state index in [9.17, 15) is 27.2 Å². The first-order valence-corrected chi connectivity index (χ1v) is 9.91. The molecule has 0 saturated heterocycles. The minimum Gasteiger partial charge on any atom is -0.348 e. The number of hydrogen-bond acceptors (Lipinski definition) is 3. The van der Waals surface area contributed by atoms with Gasteiger partial charge in [-0.3, -0.25) is 4.79 Å². The molecule has 3 N–H and O–H groups in total. The number of urea groups is 1. The molecule has 1 heterocycles. The molecule has 3 aromatic rings. The second-order valence-electron chi connectivity index (χ2n) is 7.40. The predicted molar refractivity (Wildman–Crippen MR) is 113 cm³/mol. The molecule has 2 aromatic carbocycles. The Bertz CT molecular complexity index is 1140. The highest BCUT2D eigenvalue weighted by Crippen LogP contribution is 2.34. The molecule has 0 spiro atoms. The van der Waals surface area contributed by atoms with Crippen molar-refractivity contribution in [3.05, 3.63) is 77.4 Å². The summed E-state index contributed by atoms with van der Waals surface area (Å²) in [6.07, 6.45) is -4.19. The van der Waals surface area contributed by atoms with Crippen molar-refractivity contribution in [2.45, 2.75) is 32.6 Å². The van der Waals surface area contributed by atoms with Gasteiger partial charge in [0.05, 0.1) is 11.8 Å². The van der Waals surface area contributed by atoms with E-state index in [1.54, 1.807) is 24.3 Å². The van der Waals surface area contributed by atoms with Crippen LogP contribution in [0.3, 0.4) is 0 Å². The van der Waals surface area contributed by atoms with Gasteiger partial charge in [-0.2, -0.15) is 18.3 Å². The van der Waals surface area contributed by atoms with E-state index in [0.717, 1.165) is 18.3 Å². The van der Waals surface area contributed by atoms with Crippen molar-refractivity contribution in [1.29, 1.82) is 0 Å². The fraction of sp³-hybridized carbons (Fsp3) is 0.227. The maximum absolute atomic E-state index is 14.0. The maximum atomic E-state index is 14.0. The highest BCUT2D eigenvalue weighted by atomic mass is 19.4. The van der Waals surface area contributed by atoms with Crippen molar-refractivity contribution in [2.75, 3.05) is 5.32 Å². The highest BCUT2D eigenvalue weighted by Gasteiger charge is 2.41.